The number of ether oxygens (including phenoxy) is 3. The summed E-state index contributed by atoms with van der Waals surface area (Å²) in [6, 6.07) is 0. The van der Waals surface area contributed by atoms with Crippen molar-refractivity contribution in [2.45, 2.75) is 64.1 Å². The van der Waals surface area contributed by atoms with E-state index in [1.165, 1.54) is 0 Å². The quantitative estimate of drug-likeness (QED) is 0.608. The Hall–Kier alpha value is -0.200. The van der Waals surface area contributed by atoms with Gasteiger partial charge in [-0.05, 0) is 12.8 Å². The SMILES string of the molecule is CCCCO[C@H]1O[C@H](CO)[C@@H](O)[C@@H]1OCCCC. The van der Waals surface area contributed by atoms with Gasteiger partial charge in [-0.15, -0.1) is 0 Å². The number of hydrogen-bond acceptors (Lipinski definition) is 5. The highest BCUT2D eigenvalue weighted by atomic mass is 16.7. The lowest BCUT2D eigenvalue weighted by Gasteiger charge is -2.21. The molecule has 5 heteroatoms. The number of unbranched alkanes of at least 4 members (excludes halogenated alkanes) is 2. The Balaban J connectivity index is 2.44. The van der Waals surface area contributed by atoms with E-state index in [1.54, 1.807) is 0 Å². The van der Waals surface area contributed by atoms with Crippen LogP contribution >= 0.6 is 0 Å². The van der Waals surface area contributed by atoms with Crippen LogP contribution in [0.15, 0.2) is 0 Å². The summed E-state index contributed by atoms with van der Waals surface area (Å²) < 4.78 is 16.7. The lowest BCUT2D eigenvalue weighted by molar-refractivity contribution is -0.180. The first-order chi connectivity index (χ1) is 8.74. The summed E-state index contributed by atoms with van der Waals surface area (Å²) in [4.78, 5) is 0. The molecule has 108 valence electrons. The lowest BCUT2D eigenvalue weighted by atomic mass is 10.1. The number of hydrogen-bond donors (Lipinski definition) is 2. The van der Waals surface area contributed by atoms with E-state index in [1.807, 2.05) is 0 Å². The Morgan fingerprint density at radius 1 is 1.06 bits per heavy atom. The summed E-state index contributed by atoms with van der Waals surface area (Å²) in [5.74, 6) is 0. The molecule has 0 aromatic rings. The van der Waals surface area contributed by atoms with Crippen LogP contribution in [0.4, 0.5) is 0 Å². The first kappa shape index (κ1) is 15.9. The van der Waals surface area contributed by atoms with Crippen LogP contribution in [0.5, 0.6) is 0 Å². The smallest absolute Gasteiger partial charge is 0.186 e. The van der Waals surface area contributed by atoms with Crippen molar-refractivity contribution >= 4 is 0 Å². The molecular weight excluding hydrogens is 236 g/mol. The molecule has 0 aliphatic carbocycles. The van der Waals surface area contributed by atoms with E-state index in [0.29, 0.717) is 13.2 Å². The molecule has 1 aliphatic rings. The third kappa shape index (κ3) is 4.48. The maximum absolute atomic E-state index is 9.98. The normalized spacial score (nSPS) is 32.0. The molecule has 1 saturated heterocycles. The van der Waals surface area contributed by atoms with Crippen molar-refractivity contribution in [2.24, 2.45) is 0 Å². The standard InChI is InChI=1S/C13H26O5/c1-3-5-7-16-12-11(15)10(9-14)18-13(12)17-8-6-4-2/h10-15H,3-9H2,1-2H3/t10-,11-,12+,13+/m1/s1. The van der Waals surface area contributed by atoms with E-state index in [-0.39, 0.29) is 6.61 Å². The van der Waals surface area contributed by atoms with Crippen LogP contribution in [-0.4, -0.2) is 54.6 Å². The minimum Gasteiger partial charge on any atom is -0.394 e. The fraction of sp³-hybridized carbons (Fsp3) is 1.00. The predicted molar refractivity (Wildman–Crippen MR) is 67.3 cm³/mol. The number of aliphatic hydroxyl groups is 2. The number of aliphatic hydroxyl groups excluding tert-OH is 2. The average Bonchev–Trinajstić information content (AvgIpc) is 2.67. The molecule has 1 aliphatic heterocycles. The fourth-order valence-corrected chi connectivity index (χ4v) is 1.87. The van der Waals surface area contributed by atoms with Gasteiger partial charge in [-0.2, -0.15) is 0 Å². The van der Waals surface area contributed by atoms with Crippen molar-refractivity contribution in [3.8, 4) is 0 Å². The van der Waals surface area contributed by atoms with E-state index >= 15 is 0 Å². The highest BCUT2D eigenvalue weighted by molar-refractivity contribution is 4.87. The van der Waals surface area contributed by atoms with Gasteiger partial charge in [0.1, 0.15) is 18.3 Å². The molecule has 18 heavy (non-hydrogen) atoms. The summed E-state index contributed by atoms with van der Waals surface area (Å²) in [6.07, 6.45) is 1.47. The first-order valence-corrected chi connectivity index (χ1v) is 6.92. The Bertz CT molecular complexity index is 212. The van der Waals surface area contributed by atoms with Gasteiger partial charge in [-0.1, -0.05) is 26.7 Å². The van der Waals surface area contributed by atoms with E-state index in [0.717, 1.165) is 25.7 Å². The van der Waals surface area contributed by atoms with Crippen molar-refractivity contribution in [1.82, 2.24) is 0 Å². The van der Waals surface area contributed by atoms with Crippen molar-refractivity contribution < 1.29 is 24.4 Å². The largest absolute Gasteiger partial charge is 0.394 e. The summed E-state index contributed by atoms with van der Waals surface area (Å²) >= 11 is 0. The Labute approximate surface area is 109 Å². The highest BCUT2D eigenvalue weighted by Crippen LogP contribution is 2.25. The zero-order chi connectivity index (χ0) is 13.4. The van der Waals surface area contributed by atoms with E-state index < -0.39 is 24.6 Å². The molecule has 0 amide bonds. The summed E-state index contributed by atoms with van der Waals surface area (Å²) in [7, 11) is 0. The van der Waals surface area contributed by atoms with Crippen molar-refractivity contribution in [3.05, 3.63) is 0 Å². The second-order valence-corrected chi connectivity index (χ2v) is 4.63. The van der Waals surface area contributed by atoms with Gasteiger partial charge in [0.25, 0.3) is 0 Å². The van der Waals surface area contributed by atoms with Crippen molar-refractivity contribution in [2.75, 3.05) is 19.8 Å². The molecule has 1 fully saturated rings. The van der Waals surface area contributed by atoms with Gasteiger partial charge in [0.15, 0.2) is 6.29 Å². The van der Waals surface area contributed by atoms with E-state index in [4.69, 9.17) is 19.3 Å². The zero-order valence-corrected chi connectivity index (χ0v) is 11.4. The Morgan fingerprint density at radius 2 is 1.67 bits per heavy atom. The third-order valence-electron chi connectivity index (χ3n) is 3.06. The van der Waals surface area contributed by atoms with Crippen molar-refractivity contribution in [1.29, 1.82) is 0 Å². The van der Waals surface area contributed by atoms with Crippen LogP contribution < -0.4 is 0 Å². The predicted octanol–water partition coefficient (Wildman–Crippen LogP) is 1.07. The zero-order valence-electron chi connectivity index (χ0n) is 11.4. The second-order valence-electron chi connectivity index (χ2n) is 4.63. The Kier molecular flexibility index (Phi) is 7.77. The third-order valence-corrected chi connectivity index (χ3v) is 3.06. The van der Waals surface area contributed by atoms with Crippen LogP contribution in [-0.2, 0) is 14.2 Å². The van der Waals surface area contributed by atoms with Crippen molar-refractivity contribution in [3.63, 3.8) is 0 Å². The number of rotatable bonds is 9. The highest BCUT2D eigenvalue weighted by Gasteiger charge is 2.44. The summed E-state index contributed by atoms with van der Waals surface area (Å²) in [5, 5.41) is 19.1. The maximum atomic E-state index is 9.98. The monoisotopic (exact) mass is 262 g/mol. The average molecular weight is 262 g/mol. The molecule has 0 bridgehead atoms. The van der Waals surface area contributed by atoms with Gasteiger partial charge in [0, 0.05) is 13.2 Å². The minimum atomic E-state index is -0.821. The van der Waals surface area contributed by atoms with Crippen LogP contribution in [0.3, 0.4) is 0 Å². The van der Waals surface area contributed by atoms with Crippen LogP contribution in [0.25, 0.3) is 0 Å². The molecule has 5 nitrogen and oxygen atoms in total. The van der Waals surface area contributed by atoms with Crippen LogP contribution in [0.2, 0.25) is 0 Å². The Morgan fingerprint density at radius 3 is 2.22 bits per heavy atom. The molecular formula is C13H26O5. The molecule has 0 saturated carbocycles. The van der Waals surface area contributed by atoms with Gasteiger partial charge < -0.3 is 24.4 Å². The minimum absolute atomic E-state index is 0.220. The van der Waals surface area contributed by atoms with Gasteiger partial charge >= 0.3 is 0 Å². The van der Waals surface area contributed by atoms with E-state index in [2.05, 4.69) is 13.8 Å². The van der Waals surface area contributed by atoms with Gasteiger partial charge in [-0.25, -0.2) is 0 Å². The molecule has 0 spiro atoms. The summed E-state index contributed by atoms with van der Waals surface area (Å²) in [5.41, 5.74) is 0. The summed E-state index contributed by atoms with van der Waals surface area (Å²) in [6.45, 7) is 5.10. The topological polar surface area (TPSA) is 68.2 Å². The van der Waals surface area contributed by atoms with Gasteiger partial charge in [0.2, 0.25) is 0 Å². The molecule has 0 aromatic carbocycles. The van der Waals surface area contributed by atoms with E-state index in [9.17, 15) is 5.11 Å². The van der Waals surface area contributed by atoms with Gasteiger partial charge in [0.05, 0.1) is 6.61 Å². The molecule has 0 unspecified atom stereocenters. The second kappa shape index (κ2) is 8.82. The molecule has 2 N–H and O–H groups in total. The molecule has 0 radical (unpaired) electrons. The van der Waals surface area contributed by atoms with Crippen LogP contribution in [0, 0.1) is 0 Å². The molecule has 1 rings (SSSR count). The molecule has 1 heterocycles. The van der Waals surface area contributed by atoms with Crippen LogP contribution in [0.1, 0.15) is 39.5 Å². The lowest BCUT2D eigenvalue weighted by Crippen LogP contribution is -2.37. The molecule has 0 aromatic heterocycles. The van der Waals surface area contributed by atoms with Gasteiger partial charge in [-0.3, -0.25) is 0 Å². The maximum Gasteiger partial charge on any atom is 0.186 e. The first-order valence-electron chi connectivity index (χ1n) is 6.92. The molecule has 4 atom stereocenters. The fourth-order valence-electron chi connectivity index (χ4n) is 1.87.